The van der Waals surface area contributed by atoms with E-state index in [9.17, 15) is 9.18 Å². The second-order valence-electron chi connectivity index (χ2n) is 3.12. The van der Waals surface area contributed by atoms with Crippen LogP contribution in [0.15, 0.2) is 18.3 Å². The zero-order valence-electron chi connectivity index (χ0n) is 8.40. The van der Waals surface area contributed by atoms with E-state index in [0.717, 1.165) is 6.20 Å². The van der Waals surface area contributed by atoms with Crippen molar-refractivity contribution < 1.29 is 14.3 Å². The normalized spacial score (nSPS) is 12.2. The summed E-state index contributed by atoms with van der Waals surface area (Å²) in [7, 11) is 0. The van der Waals surface area contributed by atoms with Crippen LogP contribution in [0.1, 0.15) is 23.8 Å². The molecule has 1 heterocycles. The average molecular weight is 212 g/mol. The molecule has 4 nitrogen and oxygen atoms in total. The van der Waals surface area contributed by atoms with Gasteiger partial charge in [0, 0.05) is 0 Å². The fourth-order valence-corrected chi connectivity index (χ4v) is 1.05. The minimum Gasteiger partial charge on any atom is -0.394 e. The molecule has 0 aliphatic rings. The number of amides is 1. The lowest BCUT2D eigenvalue weighted by Crippen LogP contribution is -2.37. The first-order chi connectivity index (χ1) is 7.17. The van der Waals surface area contributed by atoms with Crippen LogP contribution in [0.2, 0.25) is 0 Å². The van der Waals surface area contributed by atoms with E-state index in [0.29, 0.717) is 6.42 Å². The third-order valence-electron chi connectivity index (χ3n) is 2.01. The first kappa shape index (κ1) is 11.6. The number of pyridine rings is 1. The summed E-state index contributed by atoms with van der Waals surface area (Å²) in [6.45, 7) is 1.72. The lowest BCUT2D eigenvalue weighted by Gasteiger charge is -2.13. The Morgan fingerprint density at radius 2 is 2.40 bits per heavy atom. The molecule has 1 rings (SSSR count). The van der Waals surface area contributed by atoms with Crippen molar-refractivity contribution >= 4 is 5.91 Å². The third kappa shape index (κ3) is 3.28. The Morgan fingerprint density at radius 3 is 2.87 bits per heavy atom. The summed E-state index contributed by atoms with van der Waals surface area (Å²) in [4.78, 5) is 15.1. The molecule has 0 saturated heterocycles. The Bertz CT molecular complexity index is 323. The summed E-state index contributed by atoms with van der Waals surface area (Å²) in [5.74, 6) is -0.892. The molecule has 0 radical (unpaired) electrons. The zero-order chi connectivity index (χ0) is 11.3. The molecule has 0 bridgehead atoms. The molecule has 1 atom stereocenters. The number of carbonyl (C=O) groups excluding carboxylic acids is 1. The molecule has 0 saturated carbocycles. The Labute approximate surface area is 87.1 Å². The molecule has 2 N–H and O–H groups in total. The highest BCUT2D eigenvalue weighted by atomic mass is 19.1. The number of hydrogen-bond acceptors (Lipinski definition) is 3. The predicted octanol–water partition coefficient (Wildman–Crippen LogP) is 0.721. The lowest BCUT2D eigenvalue weighted by atomic mass is 10.2. The molecule has 0 fully saturated rings. The van der Waals surface area contributed by atoms with Crippen molar-refractivity contribution in [2.24, 2.45) is 0 Å². The Balaban J connectivity index is 2.64. The van der Waals surface area contributed by atoms with Gasteiger partial charge in [-0.05, 0) is 18.6 Å². The van der Waals surface area contributed by atoms with Gasteiger partial charge in [-0.15, -0.1) is 0 Å². The Hall–Kier alpha value is -1.49. The fourth-order valence-electron chi connectivity index (χ4n) is 1.05. The van der Waals surface area contributed by atoms with Crippen molar-refractivity contribution in [1.29, 1.82) is 0 Å². The molecule has 0 aliphatic heterocycles. The van der Waals surface area contributed by atoms with Crippen molar-refractivity contribution in [3.05, 3.63) is 29.8 Å². The van der Waals surface area contributed by atoms with E-state index in [1.807, 2.05) is 6.92 Å². The maximum atomic E-state index is 12.5. The molecular weight excluding hydrogens is 199 g/mol. The number of hydrogen-bond donors (Lipinski definition) is 2. The number of carbonyl (C=O) groups is 1. The molecule has 1 amide bonds. The standard InChI is InChI=1S/C10H13FN2O2/c1-2-8(6-14)13-10(15)9-4-3-7(11)5-12-9/h3-5,8,14H,2,6H2,1H3,(H,13,15)/t8-/m1/s1. The maximum Gasteiger partial charge on any atom is 0.270 e. The highest BCUT2D eigenvalue weighted by molar-refractivity contribution is 5.92. The Kier molecular flexibility index (Phi) is 4.17. The molecule has 0 aromatic carbocycles. The van der Waals surface area contributed by atoms with Crippen LogP contribution in [0.3, 0.4) is 0 Å². The molecule has 0 unspecified atom stereocenters. The van der Waals surface area contributed by atoms with Crippen LogP contribution in [0, 0.1) is 5.82 Å². The summed E-state index contributed by atoms with van der Waals surface area (Å²) < 4.78 is 12.5. The topological polar surface area (TPSA) is 62.2 Å². The molecule has 1 aromatic heterocycles. The average Bonchev–Trinajstić information content (AvgIpc) is 2.26. The van der Waals surface area contributed by atoms with E-state index >= 15 is 0 Å². The van der Waals surface area contributed by atoms with E-state index in [1.54, 1.807) is 0 Å². The number of aromatic nitrogens is 1. The minimum absolute atomic E-state index is 0.122. The maximum absolute atomic E-state index is 12.5. The number of nitrogens with one attached hydrogen (secondary N) is 1. The summed E-state index contributed by atoms with van der Waals surface area (Å²) in [6, 6.07) is 2.18. The quantitative estimate of drug-likeness (QED) is 0.773. The van der Waals surface area contributed by atoms with Gasteiger partial charge in [-0.1, -0.05) is 6.92 Å². The van der Waals surface area contributed by atoms with Crippen LogP contribution >= 0.6 is 0 Å². The minimum atomic E-state index is -0.485. The van der Waals surface area contributed by atoms with Gasteiger partial charge in [0.15, 0.2) is 0 Å². The molecule has 82 valence electrons. The number of halogens is 1. The lowest BCUT2D eigenvalue weighted by molar-refractivity contribution is 0.0910. The largest absolute Gasteiger partial charge is 0.394 e. The van der Waals surface area contributed by atoms with E-state index in [1.165, 1.54) is 12.1 Å². The molecule has 15 heavy (non-hydrogen) atoms. The summed E-state index contributed by atoms with van der Waals surface area (Å²) in [6.07, 6.45) is 1.61. The van der Waals surface area contributed by atoms with Crippen LogP contribution in [0.4, 0.5) is 4.39 Å². The van der Waals surface area contributed by atoms with E-state index in [-0.39, 0.29) is 18.3 Å². The van der Waals surface area contributed by atoms with E-state index in [4.69, 9.17) is 5.11 Å². The second-order valence-corrected chi connectivity index (χ2v) is 3.12. The SMILES string of the molecule is CC[C@H](CO)NC(=O)c1ccc(F)cn1. The van der Waals surface area contributed by atoms with E-state index < -0.39 is 11.7 Å². The van der Waals surface area contributed by atoms with Crippen LogP contribution in [0.5, 0.6) is 0 Å². The van der Waals surface area contributed by atoms with Crippen LogP contribution in [0.25, 0.3) is 0 Å². The van der Waals surface area contributed by atoms with Crippen molar-refractivity contribution in [3.63, 3.8) is 0 Å². The van der Waals surface area contributed by atoms with Gasteiger partial charge in [-0.2, -0.15) is 0 Å². The predicted molar refractivity (Wildman–Crippen MR) is 52.8 cm³/mol. The Morgan fingerprint density at radius 1 is 1.67 bits per heavy atom. The van der Waals surface area contributed by atoms with Crippen LogP contribution < -0.4 is 5.32 Å². The van der Waals surface area contributed by atoms with Crippen LogP contribution in [-0.2, 0) is 0 Å². The molecule has 1 aromatic rings. The summed E-state index contributed by atoms with van der Waals surface area (Å²) >= 11 is 0. The number of nitrogens with zero attached hydrogens (tertiary/aromatic N) is 1. The van der Waals surface area contributed by atoms with Crippen LogP contribution in [-0.4, -0.2) is 28.6 Å². The first-order valence-electron chi connectivity index (χ1n) is 4.70. The van der Waals surface area contributed by atoms with Crippen molar-refractivity contribution in [3.8, 4) is 0 Å². The highest BCUT2D eigenvalue weighted by Gasteiger charge is 2.11. The van der Waals surface area contributed by atoms with Crippen molar-refractivity contribution in [2.45, 2.75) is 19.4 Å². The first-order valence-corrected chi connectivity index (χ1v) is 4.70. The third-order valence-corrected chi connectivity index (χ3v) is 2.01. The number of aliphatic hydroxyl groups excluding tert-OH is 1. The smallest absolute Gasteiger partial charge is 0.270 e. The summed E-state index contributed by atoms with van der Waals surface area (Å²) in [5, 5.41) is 11.4. The van der Waals surface area contributed by atoms with Gasteiger partial charge in [-0.3, -0.25) is 4.79 Å². The monoisotopic (exact) mass is 212 g/mol. The van der Waals surface area contributed by atoms with Crippen molar-refractivity contribution in [2.75, 3.05) is 6.61 Å². The van der Waals surface area contributed by atoms with E-state index in [2.05, 4.69) is 10.3 Å². The molecule has 5 heteroatoms. The van der Waals surface area contributed by atoms with Gasteiger partial charge in [0.2, 0.25) is 0 Å². The van der Waals surface area contributed by atoms with Crippen molar-refractivity contribution in [1.82, 2.24) is 10.3 Å². The molecule has 0 spiro atoms. The van der Waals surface area contributed by atoms with Gasteiger partial charge in [0.1, 0.15) is 11.5 Å². The van der Waals surface area contributed by atoms with Gasteiger partial charge in [0.05, 0.1) is 18.8 Å². The number of aliphatic hydroxyl groups is 1. The zero-order valence-corrected chi connectivity index (χ0v) is 8.40. The number of rotatable bonds is 4. The fraction of sp³-hybridized carbons (Fsp3) is 0.400. The second kappa shape index (κ2) is 5.41. The molecule has 0 aliphatic carbocycles. The molecular formula is C10H13FN2O2. The highest BCUT2D eigenvalue weighted by Crippen LogP contribution is 1.99. The van der Waals surface area contributed by atoms with Gasteiger partial charge in [-0.25, -0.2) is 9.37 Å². The van der Waals surface area contributed by atoms with Gasteiger partial charge >= 0.3 is 0 Å². The van der Waals surface area contributed by atoms with Gasteiger partial charge in [0.25, 0.3) is 5.91 Å². The van der Waals surface area contributed by atoms with Gasteiger partial charge < -0.3 is 10.4 Å². The summed E-state index contributed by atoms with van der Waals surface area (Å²) in [5.41, 5.74) is 0.142.